The summed E-state index contributed by atoms with van der Waals surface area (Å²) in [6.45, 7) is 5.16. The molecule has 110 valence electrons. The highest BCUT2D eigenvalue weighted by atomic mass is 79.9. The van der Waals surface area contributed by atoms with Crippen molar-refractivity contribution in [2.24, 2.45) is 5.41 Å². The van der Waals surface area contributed by atoms with E-state index in [0.717, 1.165) is 5.56 Å². The van der Waals surface area contributed by atoms with Crippen LogP contribution in [0.2, 0.25) is 0 Å². The van der Waals surface area contributed by atoms with Gasteiger partial charge in [0.1, 0.15) is 5.82 Å². The van der Waals surface area contributed by atoms with Crippen molar-refractivity contribution in [3.63, 3.8) is 0 Å². The van der Waals surface area contributed by atoms with Crippen molar-refractivity contribution < 1.29 is 19.1 Å². The van der Waals surface area contributed by atoms with Crippen LogP contribution in [0.5, 0.6) is 0 Å². The molecule has 2 N–H and O–H groups in total. The predicted molar refractivity (Wildman–Crippen MR) is 78.1 cm³/mol. The van der Waals surface area contributed by atoms with Gasteiger partial charge in [-0.3, -0.25) is 9.59 Å². The van der Waals surface area contributed by atoms with Gasteiger partial charge in [-0.25, -0.2) is 4.39 Å². The Kier molecular flexibility index (Phi) is 5.28. The van der Waals surface area contributed by atoms with Crippen LogP contribution in [0, 0.1) is 18.2 Å². The number of halogens is 2. The quantitative estimate of drug-likeness (QED) is 0.854. The summed E-state index contributed by atoms with van der Waals surface area (Å²) < 4.78 is 13.8. The van der Waals surface area contributed by atoms with E-state index in [9.17, 15) is 14.0 Å². The molecule has 0 atom stereocenters. The van der Waals surface area contributed by atoms with Crippen molar-refractivity contribution in [3.8, 4) is 0 Å². The summed E-state index contributed by atoms with van der Waals surface area (Å²) in [7, 11) is 0. The Bertz CT molecular complexity index is 543. The molecule has 0 fully saturated rings. The summed E-state index contributed by atoms with van der Waals surface area (Å²) in [6.07, 6.45) is -0.0511. The van der Waals surface area contributed by atoms with Crippen molar-refractivity contribution in [3.05, 3.63) is 28.0 Å². The van der Waals surface area contributed by atoms with Crippen LogP contribution in [0.25, 0.3) is 0 Å². The van der Waals surface area contributed by atoms with Gasteiger partial charge in [-0.15, -0.1) is 0 Å². The number of carboxylic acids is 1. The first-order valence-electron chi connectivity index (χ1n) is 6.08. The summed E-state index contributed by atoms with van der Waals surface area (Å²) in [6, 6.07) is 2.81. The lowest BCUT2D eigenvalue weighted by Gasteiger charge is -2.21. The third-order valence-corrected chi connectivity index (χ3v) is 3.42. The maximum absolute atomic E-state index is 13.4. The second-order valence-electron chi connectivity index (χ2n) is 5.54. The number of nitrogens with one attached hydrogen (secondary N) is 1. The Balaban J connectivity index is 2.77. The Morgan fingerprint density at radius 2 is 1.95 bits per heavy atom. The highest BCUT2D eigenvalue weighted by Crippen LogP contribution is 2.27. The van der Waals surface area contributed by atoms with E-state index in [1.807, 2.05) is 0 Å². The van der Waals surface area contributed by atoms with Crippen LogP contribution in [0.4, 0.5) is 10.1 Å². The summed E-state index contributed by atoms with van der Waals surface area (Å²) in [5.74, 6) is -1.74. The molecule has 0 saturated carbocycles. The summed E-state index contributed by atoms with van der Waals surface area (Å²) in [5, 5.41) is 11.4. The Morgan fingerprint density at radius 1 is 1.35 bits per heavy atom. The first-order valence-corrected chi connectivity index (χ1v) is 6.87. The van der Waals surface area contributed by atoms with Crippen molar-refractivity contribution in [2.75, 3.05) is 5.32 Å². The fraction of sp³-hybridized carbons (Fsp3) is 0.429. The SMILES string of the molecule is Cc1cc(Br)c(F)cc1NC(=O)CC(C)(C)CC(=O)O. The lowest BCUT2D eigenvalue weighted by atomic mass is 9.85. The lowest BCUT2D eigenvalue weighted by molar-refractivity contribution is -0.139. The zero-order chi connectivity index (χ0) is 15.5. The van der Waals surface area contributed by atoms with E-state index in [4.69, 9.17) is 5.11 Å². The Morgan fingerprint density at radius 3 is 2.50 bits per heavy atom. The zero-order valence-electron chi connectivity index (χ0n) is 11.6. The minimum atomic E-state index is -0.950. The molecule has 1 amide bonds. The van der Waals surface area contributed by atoms with Crippen LogP contribution < -0.4 is 5.32 Å². The van der Waals surface area contributed by atoms with E-state index < -0.39 is 17.2 Å². The number of carbonyl (C=O) groups excluding carboxylic acids is 1. The molecule has 0 aliphatic heterocycles. The fourth-order valence-corrected chi connectivity index (χ4v) is 2.34. The molecule has 0 aromatic heterocycles. The number of amides is 1. The molecule has 0 saturated heterocycles. The van der Waals surface area contributed by atoms with Crippen molar-refractivity contribution in [1.82, 2.24) is 0 Å². The number of aliphatic carboxylic acids is 1. The molecule has 0 radical (unpaired) electrons. The molecule has 0 bridgehead atoms. The number of benzene rings is 1. The van der Waals surface area contributed by atoms with Gasteiger partial charge in [-0.2, -0.15) is 0 Å². The van der Waals surface area contributed by atoms with Gasteiger partial charge in [0, 0.05) is 12.1 Å². The van der Waals surface area contributed by atoms with E-state index >= 15 is 0 Å². The smallest absolute Gasteiger partial charge is 0.303 e. The molecule has 0 aliphatic rings. The van der Waals surface area contributed by atoms with Crippen LogP contribution in [0.3, 0.4) is 0 Å². The molecule has 4 nitrogen and oxygen atoms in total. The molecule has 0 spiro atoms. The van der Waals surface area contributed by atoms with Gasteiger partial charge < -0.3 is 10.4 Å². The van der Waals surface area contributed by atoms with E-state index in [-0.39, 0.29) is 18.7 Å². The Hall–Kier alpha value is -1.43. The Labute approximate surface area is 125 Å². The number of carboxylic acid groups (broad SMARTS) is 1. The molecule has 0 heterocycles. The van der Waals surface area contributed by atoms with E-state index in [0.29, 0.717) is 10.2 Å². The van der Waals surface area contributed by atoms with E-state index in [1.165, 1.54) is 6.07 Å². The third kappa shape index (κ3) is 4.92. The van der Waals surface area contributed by atoms with E-state index in [1.54, 1.807) is 26.8 Å². The zero-order valence-corrected chi connectivity index (χ0v) is 13.2. The normalized spacial score (nSPS) is 11.2. The van der Waals surface area contributed by atoms with Crippen LogP contribution in [-0.2, 0) is 9.59 Å². The van der Waals surface area contributed by atoms with Gasteiger partial charge in [0.15, 0.2) is 0 Å². The van der Waals surface area contributed by atoms with Gasteiger partial charge in [0.25, 0.3) is 0 Å². The lowest BCUT2D eigenvalue weighted by Crippen LogP contribution is -2.25. The topological polar surface area (TPSA) is 66.4 Å². The van der Waals surface area contributed by atoms with Gasteiger partial charge in [0.2, 0.25) is 5.91 Å². The molecular formula is C14H17BrFNO3. The van der Waals surface area contributed by atoms with Crippen LogP contribution >= 0.6 is 15.9 Å². The van der Waals surface area contributed by atoms with Crippen molar-refractivity contribution in [1.29, 1.82) is 0 Å². The number of carbonyl (C=O) groups is 2. The minimum absolute atomic E-state index is 0.0520. The average molecular weight is 346 g/mol. The van der Waals surface area contributed by atoms with Crippen molar-refractivity contribution in [2.45, 2.75) is 33.6 Å². The standard InChI is InChI=1S/C14H17BrFNO3/c1-8-4-9(15)10(16)5-11(8)17-12(18)6-14(2,3)7-13(19)20/h4-5H,6-7H2,1-3H3,(H,17,18)(H,19,20). The largest absolute Gasteiger partial charge is 0.481 e. The number of hydrogen-bond donors (Lipinski definition) is 2. The summed E-state index contributed by atoms with van der Waals surface area (Å²) in [4.78, 5) is 22.6. The molecule has 1 aromatic rings. The van der Waals surface area contributed by atoms with Crippen molar-refractivity contribution >= 4 is 33.5 Å². The predicted octanol–water partition coefficient (Wildman–Crippen LogP) is 3.73. The maximum atomic E-state index is 13.4. The van der Waals surface area contributed by atoms with Crippen LogP contribution in [0.15, 0.2) is 16.6 Å². The van der Waals surface area contributed by atoms with Crippen LogP contribution in [-0.4, -0.2) is 17.0 Å². The number of rotatable bonds is 5. The second-order valence-corrected chi connectivity index (χ2v) is 6.40. The molecule has 6 heteroatoms. The molecule has 1 rings (SSSR count). The first-order chi connectivity index (χ1) is 9.10. The van der Waals surface area contributed by atoms with Gasteiger partial charge in [-0.05, 0) is 46.0 Å². The first kappa shape index (κ1) is 16.6. The van der Waals surface area contributed by atoms with Gasteiger partial charge in [-0.1, -0.05) is 13.8 Å². The summed E-state index contributed by atoms with van der Waals surface area (Å²) >= 11 is 3.07. The fourth-order valence-electron chi connectivity index (χ4n) is 1.88. The molecule has 0 aliphatic carbocycles. The number of anilines is 1. The third-order valence-electron chi connectivity index (χ3n) is 2.81. The molecule has 20 heavy (non-hydrogen) atoms. The van der Waals surface area contributed by atoms with Gasteiger partial charge in [0.05, 0.1) is 10.9 Å². The highest BCUT2D eigenvalue weighted by Gasteiger charge is 2.25. The average Bonchev–Trinajstić information content (AvgIpc) is 2.22. The van der Waals surface area contributed by atoms with Crippen LogP contribution in [0.1, 0.15) is 32.3 Å². The number of aryl methyl sites for hydroxylation is 1. The summed E-state index contributed by atoms with van der Waals surface area (Å²) in [5.41, 5.74) is 0.460. The van der Waals surface area contributed by atoms with E-state index in [2.05, 4.69) is 21.2 Å². The van der Waals surface area contributed by atoms with Gasteiger partial charge >= 0.3 is 5.97 Å². The molecular weight excluding hydrogens is 329 g/mol. The second kappa shape index (κ2) is 6.35. The maximum Gasteiger partial charge on any atom is 0.303 e. The monoisotopic (exact) mass is 345 g/mol. The number of hydrogen-bond acceptors (Lipinski definition) is 2. The molecule has 0 unspecified atom stereocenters. The highest BCUT2D eigenvalue weighted by molar-refractivity contribution is 9.10. The molecule has 1 aromatic carbocycles. The minimum Gasteiger partial charge on any atom is -0.481 e.